The second-order valence-corrected chi connectivity index (χ2v) is 3.80. The van der Waals surface area contributed by atoms with Gasteiger partial charge in [0, 0.05) is 12.6 Å². The van der Waals surface area contributed by atoms with Crippen molar-refractivity contribution in [2.45, 2.75) is 13.5 Å². The number of rotatable bonds is 4. The first-order valence-corrected chi connectivity index (χ1v) is 5.57. The highest BCUT2D eigenvalue weighted by Gasteiger charge is 2.30. The van der Waals surface area contributed by atoms with Crippen LogP contribution in [0.5, 0.6) is 0 Å². The van der Waals surface area contributed by atoms with Crippen LogP contribution in [0, 0.1) is 0 Å². The van der Waals surface area contributed by atoms with Gasteiger partial charge in [-0.3, -0.25) is 14.5 Å². The first-order chi connectivity index (χ1) is 8.22. The fraction of sp³-hybridized carbons (Fsp3) is 0.231. The van der Waals surface area contributed by atoms with Crippen LogP contribution in [0.3, 0.4) is 0 Å². The van der Waals surface area contributed by atoms with Crippen molar-refractivity contribution in [3.8, 4) is 0 Å². The molecule has 2 amide bonds. The van der Waals surface area contributed by atoms with Gasteiger partial charge in [0.25, 0.3) is 11.8 Å². The van der Waals surface area contributed by atoms with Crippen LogP contribution in [0.15, 0.2) is 42.1 Å². The van der Waals surface area contributed by atoms with E-state index in [1.165, 1.54) is 11.0 Å². The third kappa shape index (κ3) is 2.36. The number of carbonyl (C=O) groups excluding carboxylic acids is 2. The Morgan fingerprint density at radius 2 is 1.88 bits per heavy atom. The van der Waals surface area contributed by atoms with Crippen molar-refractivity contribution < 1.29 is 9.59 Å². The van der Waals surface area contributed by atoms with Crippen LogP contribution in [0.25, 0.3) is 0 Å². The molecule has 1 aromatic carbocycles. The van der Waals surface area contributed by atoms with E-state index in [2.05, 4.69) is 5.32 Å². The monoisotopic (exact) mass is 230 g/mol. The summed E-state index contributed by atoms with van der Waals surface area (Å²) in [6.07, 6.45) is 1.36. The standard InChI is InChI=1S/C13H14N2O2/c1-2-14-11-8-12(16)15(13(11)17)9-10-6-4-3-5-7-10/h3-8,14H,2,9H2,1H3. The predicted octanol–water partition coefficient (Wildman–Crippen LogP) is 1.05. The third-order valence-electron chi connectivity index (χ3n) is 2.56. The molecule has 0 fully saturated rings. The molecule has 17 heavy (non-hydrogen) atoms. The summed E-state index contributed by atoms with van der Waals surface area (Å²) in [6.45, 7) is 2.84. The van der Waals surface area contributed by atoms with Crippen molar-refractivity contribution in [1.82, 2.24) is 10.2 Å². The number of benzene rings is 1. The molecule has 2 rings (SSSR count). The molecule has 0 atom stereocenters. The largest absolute Gasteiger partial charge is 0.381 e. The van der Waals surface area contributed by atoms with Crippen molar-refractivity contribution in [2.75, 3.05) is 6.54 Å². The molecule has 0 unspecified atom stereocenters. The quantitative estimate of drug-likeness (QED) is 0.786. The van der Waals surface area contributed by atoms with E-state index >= 15 is 0 Å². The summed E-state index contributed by atoms with van der Waals surface area (Å²) in [5, 5.41) is 2.89. The van der Waals surface area contributed by atoms with E-state index < -0.39 is 0 Å². The molecule has 4 heteroatoms. The first kappa shape index (κ1) is 11.4. The average Bonchev–Trinajstić information content (AvgIpc) is 2.59. The number of imide groups is 1. The van der Waals surface area contributed by atoms with E-state index in [1.54, 1.807) is 0 Å². The van der Waals surface area contributed by atoms with Crippen LogP contribution in [0.1, 0.15) is 12.5 Å². The number of hydrogen-bond donors (Lipinski definition) is 1. The Labute approximate surface area is 99.9 Å². The lowest BCUT2D eigenvalue weighted by Crippen LogP contribution is -2.32. The second kappa shape index (κ2) is 4.82. The van der Waals surface area contributed by atoms with Crippen molar-refractivity contribution in [3.05, 3.63) is 47.7 Å². The van der Waals surface area contributed by atoms with Gasteiger partial charge >= 0.3 is 0 Å². The molecule has 1 aliphatic rings. The van der Waals surface area contributed by atoms with Gasteiger partial charge in [0.15, 0.2) is 0 Å². The van der Waals surface area contributed by atoms with Gasteiger partial charge in [-0.25, -0.2) is 0 Å². The van der Waals surface area contributed by atoms with Crippen molar-refractivity contribution in [2.24, 2.45) is 0 Å². The maximum atomic E-state index is 11.9. The molecule has 4 nitrogen and oxygen atoms in total. The third-order valence-corrected chi connectivity index (χ3v) is 2.56. The number of amides is 2. The molecule has 88 valence electrons. The molecule has 1 aliphatic heterocycles. The minimum atomic E-state index is -0.255. The molecular weight excluding hydrogens is 216 g/mol. The number of nitrogens with zero attached hydrogens (tertiary/aromatic N) is 1. The molecular formula is C13H14N2O2. The van der Waals surface area contributed by atoms with Gasteiger partial charge in [0.2, 0.25) is 0 Å². The summed E-state index contributed by atoms with van der Waals surface area (Å²) in [4.78, 5) is 24.8. The minimum Gasteiger partial charge on any atom is -0.381 e. The lowest BCUT2D eigenvalue weighted by atomic mass is 10.2. The molecule has 1 aromatic rings. The number of carbonyl (C=O) groups is 2. The minimum absolute atomic E-state index is 0.249. The van der Waals surface area contributed by atoms with Crippen LogP contribution in [0.2, 0.25) is 0 Å². The van der Waals surface area contributed by atoms with Crippen LogP contribution in [-0.4, -0.2) is 23.3 Å². The Bertz CT molecular complexity index is 466. The van der Waals surface area contributed by atoms with E-state index in [9.17, 15) is 9.59 Å². The van der Waals surface area contributed by atoms with E-state index in [-0.39, 0.29) is 11.8 Å². The van der Waals surface area contributed by atoms with Crippen LogP contribution >= 0.6 is 0 Å². The van der Waals surface area contributed by atoms with E-state index in [0.29, 0.717) is 18.8 Å². The first-order valence-electron chi connectivity index (χ1n) is 5.57. The summed E-state index contributed by atoms with van der Waals surface area (Å²) < 4.78 is 0. The summed E-state index contributed by atoms with van der Waals surface area (Å²) in [6, 6.07) is 9.47. The zero-order chi connectivity index (χ0) is 12.3. The SMILES string of the molecule is CCNC1=CC(=O)N(Cc2ccccc2)C1=O. The molecule has 1 N–H and O–H groups in total. The Morgan fingerprint density at radius 3 is 2.53 bits per heavy atom. The highest BCUT2D eigenvalue weighted by Crippen LogP contribution is 2.14. The van der Waals surface area contributed by atoms with Crippen LogP contribution < -0.4 is 5.32 Å². The summed E-state index contributed by atoms with van der Waals surface area (Å²) in [7, 11) is 0. The Balaban J connectivity index is 2.10. The Hall–Kier alpha value is -2.10. The van der Waals surface area contributed by atoms with Gasteiger partial charge < -0.3 is 5.32 Å². The average molecular weight is 230 g/mol. The van der Waals surface area contributed by atoms with Crippen molar-refractivity contribution in [1.29, 1.82) is 0 Å². The molecule has 1 heterocycles. The van der Waals surface area contributed by atoms with E-state index in [0.717, 1.165) is 5.56 Å². The second-order valence-electron chi connectivity index (χ2n) is 3.80. The maximum Gasteiger partial charge on any atom is 0.277 e. The molecule has 0 aliphatic carbocycles. The zero-order valence-corrected chi connectivity index (χ0v) is 9.64. The lowest BCUT2D eigenvalue weighted by Gasteiger charge is -2.14. The van der Waals surface area contributed by atoms with Crippen LogP contribution in [-0.2, 0) is 16.1 Å². The molecule has 0 saturated heterocycles. The molecule has 0 radical (unpaired) electrons. The molecule has 0 saturated carbocycles. The van der Waals surface area contributed by atoms with E-state index in [1.807, 2.05) is 37.3 Å². The molecule has 0 aromatic heterocycles. The highest BCUT2D eigenvalue weighted by molar-refractivity contribution is 6.15. The summed E-state index contributed by atoms with van der Waals surface area (Å²) in [5.74, 6) is -0.504. The maximum absolute atomic E-state index is 11.9. The molecule has 0 bridgehead atoms. The number of nitrogens with one attached hydrogen (secondary N) is 1. The van der Waals surface area contributed by atoms with Crippen molar-refractivity contribution >= 4 is 11.8 Å². The highest BCUT2D eigenvalue weighted by atomic mass is 16.2. The van der Waals surface area contributed by atoms with Gasteiger partial charge in [-0.15, -0.1) is 0 Å². The number of likely N-dealkylation sites (N-methyl/N-ethyl adjacent to an activating group) is 1. The van der Waals surface area contributed by atoms with Crippen LogP contribution in [0.4, 0.5) is 0 Å². The van der Waals surface area contributed by atoms with Gasteiger partial charge in [-0.1, -0.05) is 30.3 Å². The van der Waals surface area contributed by atoms with Gasteiger partial charge in [0.1, 0.15) is 5.70 Å². The molecule has 0 spiro atoms. The van der Waals surface area contributed by atoms with Crippen molar-refractivity contribution in [3.63, 3.8) is 0 Å². The summed E-state index contributed by atoms with van der Waals surface area (Å²) >= 11 is 0. The Kier molecular flexibility index (Phi) is 3.23. The Morgan fingerprint density at radius 1 is 1.18 bits per heavy atom. The van der Waals surface area contributed by atoms with Gasteiger partial charge in [0.05, 0.1) is 6.54 Å². The fourth-order valence-corrected chi connectivity index (χ4v) is 1.74. The van der Waals surface area contributed by atoms with Gasteiger partial charge in [-0.2, -0.15) is 0 Å². The smallest absolute Gasteiger partial charge is 0.277 e. The predicted molar refractivity (Wildman–Crippen MR) is 63.8 cm³/mol. The fourth-order valence-electron chi connectivity index (χ4n) is 1.74. The van der Waals surface area contributed by atoms with E-state index in [4.69, 9.17) is 0 Å². The number of hydrogen-bond acceptors (Lipinski definition) is 3. The normalized spacial score (nSPS) is 15.1. The van der Waals surface area contributed by atoms with Gasteiger partial charge in [-0.05, 0) is 12.5 Å². The lowest BCUT2D eigenvalue weighted by molar-refractivity contribution is -0.138. The summed E-state index contributed by atoms with van der Waals surface area (Å²) in [5.41, 5.74) is 1.33. The zero-order valence-electron chi connectivity index (χ0n) is 9.64. The topological polar surface area (TPSA) is 49.4 Å².